The van der Waals surface area contributed by atoms with E-state index in [9.17, 15) is 18.0 Å². The lowest BCUT2D eigenvalue weighted by Crippen LogP contribution is -2.34. The quantitative estimate of drug-likeness (QED) is 0.518. The molecule has 0 radical (unpaired) electrons. The largest absolute Gasteiger partial charge is 0.329 e. The average Bonchev–Trinajstić information content (AvgIpc) is 2.78. The fourth-order valence-corrected chi connectivity index (χ4v) is 5.10. The van der Waals surface area contributed by atoms with Crippen LogP contribution in [0.5, 0.6) is 0 Å². The predicted molar refractivity (Wildman–Crippen MR) is 119 cm³/mol. The Kier molecular flexibility index (Phi) is 5.20. The highest BCUT2D eigenvalue weighted by Gasteiger charge is 2.31. The van der Waals surface area contributed by atoms with Crippen molar-refractivity contribution in [2.24, 2.45) is 7.05 Å². The lowest BCUT2D eigenvalue weighted by atomic mass is 10.1. The van der Waals surface area contributed by atoms with Crippen LogP contribution in [0.25, 0.3) is 11.0 Å². The van der Waals surface area contributed by atoms with Crippen molar-refractivity contribution in [2.75, 3.05) is 4.31 Å². The van der Waals surface area contributed by atoms with E-state index in [2.05, 4.69) is 9.97 Å². The van der Waals surface area contributed by atoms with Gasteiger partial charge in [0.15, 0.2) is 0 Å². The molecule has 0 spiro atoms. The van der Waals surface area contributed by atoms with Crippen molar-refractivity contribution in [3.8, 4) is 0 Å². The zero-order chi connectivity index (χ0) is 22.2. The molecule has 0 aliphatic heterocycles. The number of rotatable bonds is 5. The number of anilines is 1. The van der Waals surface area contributed by atoms with Crippen LogP contribution in [-0.4, -0.2) is 23.0 Å². The van der Waals surface area contributed by atoms with E-state index in [1.165, 1.54) is 23.6 Å². The third-order valence-electron chi connectivity index (χ3n) is 5.13. The third kappa shape index (κ3) is 3.64. The summed E-state index contributed by atoms with van der Waals surface area (Å²) in [6, 6.07) is 18.7. The zero-order valence-electron chi connectivity index (χ0n) is 16.9. The standard InChI is InChI=1S/C22H20N4O4S/c1-15(16-9-5-3-6-10-16)26(17-11-7-4-8-12-17)31(29,30)18-13-19-20(23-14-18)25(2)22(28)24-21(19)27/h3-15H,1-2H3,(H,24,27,28)/t15-/m0/s1. The molecule has 9 heteroatoms. The van der Waals surface area contributed by atoms with Crippen LogP contribution in [0.1, 0.15) is 18.5 Å². The molecule has 4 aromatic rings. The molecule has 0 unspecified atom stereocenters. The molecule has 0 aliphatic rings. The van der Waals surface area contributed by atoms with E-state index in [-0.39, 0.29) is 15.9 Å². The zero-order valence-corrected chi connectivity index (χ0v) is 17.7. The van der Waals surface area contributed by atoms with Gasteiger partial charge in [-0.2, -0.15) is 0 Å². The molecule has 0 amide bonds. The van der Waals surface area contributed by atoms with Crippen molar-refractivity contribution in [1.29, 1.82) is 0 Å². The highest BCUT2D eigenvalue weighted by atomic mass is 32.2. The maximum Gasteiger partial charge on any atom is 0.329 e. The number of nitrogens with zero attached hydrogens (tertiary/aromatic N) is 3. The predicted octanol–water partition coefficient (Wildman–Crippen LogP) is 2.58. The minimum Gasteiger partial charge on any atom is -0.281 e. The Morgan fingerprint density at radius 2 is 1.61 bits per heavy atom. The number of nitrogens with one attached hydrogen (secondary N) is 1. The number of pyridine rings is 1. The SMILES string of the molecule is C[C@@H](c1ccccc1)N(c1ccccc1)S(=O)(=O)c1cnc2c(c1)c(=O)[nH]c(=O)n2C. The third-order valence-corrected chi connectivity index (χ3v) is 6.99. The lowest BCUT2D eigenvalue weighted by Gasteiger charge is -2.31. The summed E-state index contributed by atoms with van der Waals surface area (Å²) in [6.45, 7) is 1.80. The first-order chi connectivity index (χ1) is 14.8. The number of hydrogen-bond acceptors (Lipinski definition) is 5. The molecule has 2 heterocycles. The van der Waals surface area contributed by atoms with Gasteiger partial charge in [0.25, 0.3) is 15.6 Å². The highest BCUT2D eigenvalue weighted by molar-refractivity contribution is 7.92. The molecule has 0 bridgehead atoms. The monoisotopic (exact) mass is 436 g/mol. The number of H-pyrrole nitrogens is 1. The first-order valence-electron chi connectivity index (χ1n) is 9.54. The van der Waals surface area contributed by atoms with Crippen molar-refractivity contribution < 1.29 is 8.42 Å². The molecular formula is C22H20N4O4S. The van der Waals surface area contributed by atoms with E-state index in [1.54, 1.807) is 37.3 Å². The van der Waals surface area contributed by atoms with Gasteiger partial charge in [-0.1, -0.05) is 48.5 Å². The minimum absolute atomic E-state index is 0.0172. The molecule has 158 valence electrons. The summed E-state index contributed by atoms with van der Waals surface area (Å²) in [6.07, 6.45) is 1.17. The number of sulfonamides is 1. The summed E-state index contributed by atoms with van der Waals surface area (Å²) in [5, 5.41) is 0.0172. The number of aromatic nitrogens is 3. The van der Waals surface area contributed by atoms with Gasteiger partial charge in [-0.05, 0) is 30.7 Å². The van der Waals surface area contributed by atoms with Crippen molar-refractivity contribution in [1.82, 2.24) is 14.5 Å². The van der Waals surface area contributed by atoms with Gasteiger partial charge in [0.05, 0.1) is 17.1 Å². The van der Waals surface area contributed by atoms with Gasteiger partial charge < -0.3 is 0 Å². The Balaban J connectivity index is 1.92. The molecule has 1 atom stereocenters. The van der Waals surface area contributed by atoms with Crippen LogP contribution in [0.2, 0.25) is 0 Å². The summed E-state index contributed by atoms with van der Waals surface area (Å²) in [5.41, 5.74) is 0.0848. The first-order valence-corrected chi connectivity index (χ1v) is 11.0. The van der Waals surface area contributed by atoms with Gasteiger partial charge >= 0.3 is 5.69 Å². The van der Waals surface area contributed by atoms with Gasteiger partial charge in [0.2, 0.25) is 0 Å². The molecule has 2 aromatic heterocycles. The van der Waals surface area contributed by atoms with E-state index in [4.69, 9.17) is 0 Å². The van der Waals surface area contributed by atoms with E-state index >= 15 is 0 Å². The number of para-hydroxylation sites is 1. The van der Waals surface area contributed by atoms with E-state index in [0.29, 0.717) is 5.69 Å². The second-order valence-electron chi connectivity index (χ2n) is 7.08. The van der Waals surface area contributed by atoms with E-state index < -0.39 is 27.3 Å². The number of aryl methyl sites for hydroxylation is 1. The molecule has 0 aliphatic carbocycles. The smallest absolute Gasteiger partial charge is 0.281 e. The number of benzene rings is 2. The van der Waals surface area contributed by atoms with Crippen LogP contribution < -0.4 is 15.6 Å². The Hall–Kier alpha value is -3.72. The molecule has 0 fully saturated rings. The average molecular weight is 436 g/mol. The Bertz CT molecular complexity index is 1460. The van der Waals surface area contributed by atoms with Gasteiger partial charge in [-0.3, -0.25) is 18.7 Å². The van der Waals surface area contributed by atoms with Gasteiger partial charge in [-0.15, -0.1) is 0 Å². The van der Waals surface area contributed by atoms with Crippen molar-refractivity contribution >= 4 is 26.7 Å². The maximum atomic E-state index is 13.8. The first kappa shape index (κ1) is 20.5. The van der Waals surface area contributed by atoms with Crippen LogP contribution in [0, 0.1) is 0 Å². The molecule has 2 aromatic carbocycles. The molecule has 4 rings (SSSR count). The van der Waals surface area contributed by atoms with Crippen LogP contribution in [0.3, 0.4) is 0 Å². The molecule has 1 N–H and O–H groups in total. The second-order valence-corrected chi connectivity index (χ2v) is 8.90. The van der Waals surface area contributed by atoms with Gasteiger partial charge in [0.1, 0.15) is 10.5 Å². The Morgan fingerprint density at radius 3 is 2.26 bits per heavy atom. The molecule has 31 heavy (non-hydrogen) atoms. The van der Waals surface area contributed by atoms with Crippen LogP contribution in [-0.2, 0) is 17.1 Å². The van der Waals surface area contributed by atoms with Crippen molar-refractivity contribution in [3.05, 3.63) is 99.3 Å². The maximum absolute atomic E-state index is 13.8. The van der Waals surface area contributed by atoms with Crippen LogP contribution in [0.4, 0.5) is 5.69 Å². The van der Waals surface area contributed by atoms with Crippen LogP contribution in [0.15, 0.2) is 87.4 Å². The van der Waals surface area contributed by atoms with Crippen LogP contribution >= 0.6 is 0 Å². The Labute approximate surface area is 178 Å². The molecular weight excluding hydrogens is 416 g/mol. The van der Waals surface area contributed by atoms with Crippen molar-refractivity contribution in [2.45, 2.75) is 17.9 Å². The molecule has 0 saturated carbocycles. The topological polar surface area (TPSA) is 105 Å². The summed E-state index contributed by atoms with van der Waals surface area (Å²) < 4.78 is 30.0. The minimum atomic E-state index is -4.10. The Morgan fingerprint density at radius 1 is 1.00 bits per heavy atom. The molecule has 0 saturated heterocycles. The highest BCUT2D eigenvalue weighted by Crippen LogP contribution is 2.33. The second kappa shape index (κ2) is 7.84. The summed E-state index contributed by atoms with van der Waals surface area (Å²) in [4.78, 5) is 30.3. The summed E-state index contributed by atoms with van der Waals surface area (Å²) in [5.74, 6) is 0. The number of aromatic amines is 1. The number of fused-ring (bicyclic) bond motifs is 1. The number of hydrogen-bond donors (Lipinski definition) is 1. The summed E-state index contributed by atoms with van der Waals surface area (Å²) in [7, 11) is -2.65. The summed E-state index contributed by atoms with van der Waals surface area (Å²) >= 11 is 0. The van der Waals surface area contributed by atoms with E-state index in [0.717, 1.165) is 10.1 Å². The lowest BCUT2D eigenvalue weighted by molar-refractivity contribution is 0.582. The van der Waals surface area contributed by atoms with Crippen molar-refractivity contribution in [3.63, 3.8) is 0 Å². The fourth-order valence-electron chi connectivity index (χ4n) is 3.48. The van der Waals surface area contributed by atoms with Gasteiger partial charge in [0, 0.05) is 13.2 Å². The normalized spacial score (nSPS) is 12.6. The molecule has 8 nitrogen and oxygen atoms in total. The fraction of sp³-hybridized carbons (Fsp3) is 0.136. The van der Waals surface area contributed by atoms with Gasteiger partial charge in [-0.25, -0.2) is 18.2 Å². The van der Waals surface area contributed by atoms with E-state index in [1.807, 2.05) is 30.3 Å².